The first kappa shape index (κ1) is 12.6. The van der Waals surface area contributed by atoms with Crippen LogP contribution in [0.25, 0.3) is 16.7 Å². The van der Waals surface area contributed by atoms with Crippen molar-refractivity contribution in [2.45, 2.75) is 0 Å². The van der Waals surface area contributed by atoms with Gasteiger partial charge in [-0.25, -0.2) is 4.79 Å². The van der Waals surface area contributed by atoms with Crippen LogP contribution in [0.5, 0.6) is 0 Å². The molecule has 0 unspecified atom stereocenters. The third kappa shape index (κ3) is 2.25. The molecule has 104 valence electrons. The number of aryl methyl sites for hydroxylation is 1. The van der Waals surface area contributed by atoms with Crippen molar-refractivity contribution >= 4 is 22.4 Å². The minimum absolute atomic E-state index is 0.196. The summed E-state index contributed by atoms with van der Waals surface area (Å²) in [5.41, 5.74) is 2.06. The summed E-state index contributed by atoms with van der Waals surface area (Å²) in [6.07, 6.45) is 1.46. The van der Waals surface area contributed by atoms with Crippen molar-refractivity contribution in [2.24, 2.45) is 7.05 Å². The molecule has 0 saturated heterocycles. The van der Waals surface area contributed by atoms with Crippen molar-refractivity contribution in [3.8, 4) is 6.07 Å². The fourth-order valence-electron chi connectivity index (χ4n) is 1.79. The monoisotopic (exact) mass is 283 g/mol. The van der Waals surface area contributed by atoms with E-state index in [4.69, 9.17) is 9.68 Å². The molecule has 2 heterocycles. The number of anilines is 1. The number of fused-ring (bicyclic) bond motifs is 1. The predicted octanol–water partition coefficient (Wildman–Crippen LogP) is 0.621. The van der Waals surface area contributed by atoms with Gasteiger partial charge in [0.05, 0.1) is 5.52 Å². The van der Waals surface area contributed by atoms with Crippen molar-refractivity contribution < 1.29 is 4.42 Å². The van der Waals surface area contributed by atoms with Crippen LogP contribution in [0.4, 0.5) is 5.69 Å². The van der Waals surface area contributed by atoms with E-state index in [1.807, 2.05) is 6.07 Å². The van der Waals surface area contributed by atoms with Gasteiger partial charge >= 0.3 is 5.76 Å². The molecule has 0 bridgehead atoms. The molecule has 0 spiro atoms. The molecule has 0 aliphatic carbocycles. The van der Waals surface area contributed by atoms with Crippen molar-refractivity contribution in [2.75, 3.05) is 5.32 Å². The van der Waals surface area contributed by atoms with E-state index in [1.165, 1.54) is 10.8 Å². The summed E-state index contributed by atoms with van der Waals surface area (Å²) in [7, 11) is 1.62. The highest BCUT2D eigenvalue weighted by atomic mass is 16.4. The Morgan fingerprint density at radius 1 is 1.57 bits per heavy atom. The van der Waals surface area contributed by atoms with Crippen LogP contribution in [0, 0.1) is 11.3 Å². The molecule has 0 saturated carbocycles. The summed E-state index contributed by atoms with van der Waals surface area (Å²) in [4.78, 5) is 11.4. The molecule has 3 rings (SSSR count). The largest absolute Gasteiger partial charge is 0.419 e. The molecule has 21 heavy (non-hydrogen) atoms. The maximum Gasteiger partial charge on any atom is 0.419 e. The van der Waals surface area contributed by atoms with Crippen LogP contribution in [0.1, 0.15) is 5.82 Å². The van der Waals surface area contributed by atoms with Crippen molar-refractivity contribution in [1.82, 2.24) is 25.2 Å². The number of H-pyrrole nitrogens is 1. The molecule has 0 aliphatic rings. The highest BCUT2D eigenvalue weighted by Gasteiger charge is 2.07. The van der Waals surface area contributed by atoms with Gasteiger partial charge in [0, 0.05) is 18.9 Å². The number of benzene rings is 1. The highest BCUT2D eigenvalue weighted by Crippen LogP contribution is 2.18. The number of aromatic amines is 1. The van der Waals surface area contributed by atoms with Gasteiger partial charge in [-0.3, -0.25) is 4.57 Å². The Kier molecular flexibility index (Phi) is 2.96. The van der Waals surface area contributed by atoms with Crippen LogP contribution >= 0.6 is 0 Å². The molecule has 3 aromatic rings. The number of aromatic nitrogens is 5. The van der Waals surface area contributed by atoms with E-state index in [-0.39, 0.29) is 11.4 Å². The fraction of sp³-hybridized carbons (Fsp3) is 0.0833. The van der Waals surface area contributed by atoms with Crippen LogP contribution in [-0.4, -0.2) is 25.2 Å². The predicted molar refractivity (Wildman–Crippen MR) is 72.8 cm³/mol. The molecule has 9 heteroatoms. The summed E-state index contributed by atoms with van der Waals surface area (Å²) in [6, 6.07) is 7.11. The quantitative estimate of drug-likeness (QED) is 0.675. The van der Waals surface area contributed by atoms with E-state index < -0.39 is 5.76 Å². The number of oxazole rings is 1. The molecule has 2 N–H and O–H groups in total. The average Bonchev–Trinajstić information content (AvgIpc) is 3.10. The second-order valence-electron chi connectivity index (χ2n) is 4.16. The van der Waals surface area contributed by atoms with Gasteiger partial charge in [0.2, 0.25) is 5.82 Å². The lowest BCUT2D eigenvalue weighted by Gasteiger charge is -2.01. The minimum Gasteiger partial charge on any atom is -0.408 e. The molecule has 0 amide bonds. The summed E-state index contributed by atoms with van der Waals surface area (Å²) < 4.78 is 6.44. The van der Waals surface area contributed by atoms with Gasteiger partial charge < -0.3 is 9.73 Å². The van der Waals surface area contributed by atoms with Gasteiger partial charge in [-0.05, 0) is 23.4 Å². The molecule has 0 aliphatic heterocycles. The Morgan fingerprint density at radius 2 is 2.43 bits per heavy atom. The van der Waals surface area contributed by atoms with Crippen LogP contribution in [-0.2, 0) is 7.05 Å². The zero-order valence-electron chi connectivity index (χ0n) is 10.9. The number of nitrogens with one attached hydrogen (secondary N) is 2. The third-order valence-electron chi connectivity index (χ3n) is 2.88. The van der Waals surface area contributed by atoms with Gasteiger partial charge in [0.1, 0.15) is 11.6 Å². The van der Waals surface area contributed by atoms with E-state index in [0.717, 1.165) is 0 Å². The van der Waals surface area contributed by atoms with Gasteiger partial charge in [-0.2, -0.15) is 10.5 Å². The third-order valence-corrected chi connectivity index (χ3v) is 2.88. The standard InChI is InChI=1S/C12H9N7O2/c1-19-9-4-8(2-3-10(9)21-12(19)20)14-6-7(5-13)11-15-17-18-16-11/h2-4,6,14H,1H3,(H,15,16,17,18). The molecule has 2 aromatic heterocycles. The van der Waals surface area contributed by atoms with Crippen molar-refractivity contribution in [1.29, 1.82) is 5.26 Å². The topological polar surface area (TPSA) is 125 Å². The number of rotatable bonds is 3. The van der Waals surface area contributed by atoms with E-state index in [2.05, 4.69) is 25.9 Å². The summed E-state index contributed by atoms with van der Waals surface area (Å²) in [6.45, 7) is 0. The molecule has 0 fully saturated rings. The first-order chi connectivity index (χ1) is 10.2. The smallest absolute Gasteiger partial charge is 0.408 e. The molecule has 9 nitrogen and oxygen atoms in total. The lowest BCUT2D eigenvalue weighted by Crippen LogP contribution is -2.08. The van der Waals surface area contributed by atoms with Gasteiger partial charge in [0.25, 0.3) is 0 Å². The maximum absolute atomic E-state index is 11.4. The first-order valence-corrected chi connectivity index (χ1v) is 5.89. The van der Waals surface area contributed by atoms with E-state index in [9.17, 15) is 4.79 Å². The number of nitriles is 1. The van der Waals surface area contributed by atoms with E-state index in [1.54, 1.807) is 25.2 Å². The number of nitrogens with zero attached hydrogens (tertiary/aromatic N) is 5. The number of hydrogen-bond acceptors (Lipinski definition) is 7. The summed E-state index contributed by atoms with van der Waals surface area (Å²) in [5, 5.41) is 25.1. The number of allylic oxidation sites excluding steroid dienone is 1. The SMILES string of the molecule is Cn1c(=O)oc2ccc(NC=C(C#N)c3nn[nH]n3)cc21. The van der Waals surface area contributed by atoms with E-state index >= 15 is 0 Å². The van der Waals surface area contributed by atoms with Crippen molar-refractivity contribution in [3.63, 3.8) is 0 Å². The number of hydrogen-bond donors (Lipinski definition) is 2. The molecule has 0 radical (unpaired) electrons. The Balaban J connectivity index is 1.93. The summed E-state index contributed by atoms with van der Waals surface area (Å²) in [5.74, 6) is -0.232. The van der Waals surface area contributed by atoms with Crippen LogP contribution in [0.3, 0.4) is 0 Å². The lowest BCUT2D eigenvalue weighted by atomic mass is 10.2. The molecule has 0 atom stereocenters. The Hall–Kier alpha value is -3.41. The maximum atomic E-state index is 11.4. The zero-order valence-corrected chi connectivity index (χ0v) is 10.9. The fourth-order valence-corrected chi connectivity index (χ4v) is 1.79. The minimum atomic E-state index is -0.429. The van der Waals surface area contributed by atoms with Crippen LogP contribution in [0.15, 0.2) is 33.6 Å². The normalized spacial score (nSPS) is 11.5. The van der Waals surface area contributed by atoms with Gasteiger partial charge in [-0.1, -0.05) is 0 Å². The van der Waals surface area contributed by atoms with Crippen molar-refractivity contribution in [3.05, 3.63) is 40.8 Å². The van der Waals surface area contributed by atoms with Gasteiger partial charge in [-0.15, -0.1) is 10.2 Å². The lowest BCUT2D eigenvalue weighted by molar-refractivity contribution is 0.528. The van der Waals surface area contributed by atoms with Crippen LogP contribution in [0.2, 0.25) is 0 Å². The Bertz CT molecular complexity index is 911. The molecule has 1 aromatic carbocycles. The number of tetrazole rings is 1. The Morgan fingerprint density at radius 3 is 3.14 bits per heavy atom. The highest BCUT2D eigenvalue weighted by molar-refractivity contribution is 5.79. The second-order valence-corrected chi connectivity index (χ2v) is 4.16. The second kappa shape index (κ2) is 4.93. The summed E-state index contributed by atoms with van der Waals surface area (Å²) >= 11 is 0. The van der Waals surface area contributed by atoms with Crippen LogP contribution < -0.4 is 11.1 Å². The molecular formula is C12H9N7O2. The Labute approximate surface area is 117 Å². The average molecular weight is 283 g/mol. The molecular weight excluding hydrogens is 274 g/mol. The first-order valence-electron chi connectivity index (χ1n) is 5.89. The van der Waals surface area contributed by atoms with E-state index in [0.29, 0.717) is 16.8 Å². The zero-order chi connectivity index (χ0) is 14.8. The van der Waals surface area contributed by atoms with Gasteiger partial charge in [0.15, 0.2) is 5.58 Å².